The minimum Gasteiger partial charge on any atom is -0.494 e. The molecular weight excluding hydrogens is 312 g/mol. The summed E-state index contributed by atoms with van der Waals surface area (Å²) in [6.45, 7) is 5.22. The van der Waals surface area contributed by atoms with Gasteiger partial charge >= 0.3 is 0 Å². The van der Waals surface area contributed by atoms with Crippen LogP contribution in [-0.2, 0) is 0 Å². The van der Waals surface area contributed by atoms with Gasteiger partial charge < -0.3 is 14.8 Å². The number of ether oxygens (including phenoxy) is 2. The van der Waals surface area contributed by atoms with E-state index in [9.17, 15) is 0 Å². The minimum atomic E-state index is 0.292. The van der Waals surface area contributed by atoms with E-state index in [-0.39, 0.29) is 0 Å². The van der Waals surface area contributed by atoms with Gasteiger partial charge in [-0.2, -0.15) is 0 Å². The van der Waals surface area contributed by atoms with E-state index in [2.05, 4.69) is 10.3 Å². The number of benzene rings is 2. The third-order valence-electron chi connectivity index (χ3n) is 2.99. The Morgan fingerprint density at radius 3 is 1.91 bits per heavy atom. The van der Waals surface area contributed by atoms with Gasteiger partial charge in [0.25, 0.3) is 0 Å². The van der Waals surface area contributed by atoms with Crippen LogP contribution in [0.3, 0.4) is 0 Å². The number of hydrogen-bond acceptors (Lipinski definition) is 3. The van der Waals surface area contributed by atoms with Crippen molar-refractivity contribution < 1.29 is 9.47 Å². The van der Waals surface area contributed by atoms with Crippen LogP contribution in [0.15, 0.2) is 53.5 Å². The van der Waals surface area contributed by atoms with Crippen molar-refractivity contribution in [1.82, 2.24) is 0 Å². The minimum absolute atomic E-state index is 0.292. The zero-order valence-electron chi connectivity index (χ0n) is 13.4. The molecule has 0 heterocycles. The molecule has 2 aromatic carbocycles. The largest absolute Gasteiger partial charge is 0.494 e. The highest BCUT2D eigenvalue weighted by Gasteiger charge is 2.01. The van der Waals surface area contributed by atoms with Gasteiger partial charge in [0.15, 0.2) is 0 Å². The van der Waals surface area contributed by atoms with Crippen LogP contribution in [0, 0.1) is 0 Å². The number of aliphatic imine (C=N–C) groups is 1. The van der Waals surface area contributed by atoms with Crippen LogP contribution >= 0.6 is 11.6 Å². The van der Waals surface area contributed by atoms with E-state index in [0.29, 0.717) is 24.9 Å². The van der Waals surface area contributed by atoms with Gasteiger partial charge in [-0.3, -0.25) is 0 Å². The van der Waals surface area contributed by atoms with Gasteiger partial charge in [-0.25, -0.2) is 4.99 Å². The number of alkyl halides is 1. The normalized spacial score (nSPS) is 11.2. The highest BCUT2D eigenvalue weighted by atomic mass is 35.5. The van der Waals surface area contributed by atoms with Gasteiger partial charge in [-0.1, -0.05) is 0 Å². The third kappa shape index (κ3) is 5.49. The number of rotatable bonds is 7. The van der Waals surface area contributed by atoms with Crippen LogP contribution < -0.4 is 14.8 Å². The Morgan fingerprint density at radius 1 is 0.913 bits per heavy atom. The summed E-state index contributed by atoms with van der Waals surface area (Å²) < 4.78 is 10.8. The standard InChI is InChI=1S/C18H21ClN2O2/c1-3-22-16-9-5-14(6-10-16)20-18(13-19)21-15-7-11-17(12-8-15)23-4-2/h5-12H,3-4,13H2,1-2H3,(H,20,21). The summed E-state index contributed by atoms with van der Waals surface area (Å²) in [4.78, 5) is 4.52. The second-order valence-corrected chi connectivity index (χ2v) is 4.97. The number of nitrogens with zero attached hydrogens (tertiary/aromatic N) is 1. The Balaban J connectivity index is 2.06. The first-order chi connectivity index (χ1) is 11.2. The van der Waals surface area contributed by atoms with Gasteiger partial charge in [-0.15, -0.1) is 11.6 Å². The van der Waals surface area contributed by atoms with Crippen LogP contribution in [0.4, 0.5) is 11.4 Å². The highest BCUT2D eigenvalue weighted by Crippen LogP contribution is 2.20. The van der Waals surface area contributed by atoms with Crippen molar-refractivity contribution in [2.45, 2.75) is 13.8 Å². The third-order valence-corrected chi connectivity index (χ3v) is 3.25. The maximum absolute atomic E-state index is 5.99. The van der Waals surface area contributed by atoms with E-state index < -0.39 is 0 Å². The molecule has 5 heteroatoms. The molecule has 0 aliphatic rings. The van der Waals surface area contributed by atoms with Crippen LogP contribution in [0.1, 0.15) is 13.8 Å². The second-order valence-electron chi connectivity index (χ2n) is 4.70. The second kappa shape index (κ2) is 9.06. The molecule has 4 nitrogen and oxygen atoms in total. The van der Waals surface area contributed by atoms with Gasteiger partial charge in [0, 0.05) is 5.69 Å². The van der Waals surface area contributed by atoms with Gasteiger partial charge in [0.1, 0.15) is 17.3 Å². The molecule has 0 saturated heterocycles. The van der Waals surface area contributed by atoms with Crippen LogP contribution in [0.2, 0.25) is 0 Å². The molecule has 0 aromatic heterocycles. The summed E-state index contributed by atoms with van der Waals surface area (Å²) >= 11 is 5.99. The van der Waals surface area contributed by atoms with Crippen molar-refractivity contribution in [1.29, 1.82) is 0 Å². The SMILES string of the molecule is CCOc1ccc(N=C(CCl)Nc2ccc(OCC)cc2)cc1. The topological polar surface area (TPSA) is 42.8 Å². The van der Waals surface area contributed by atoms with E-state index >= 15 is 0 Å². The lowest BCUT2D eigenvalue weighted by Crippen LogP contribution is -2.13. The molecule has 0 unspecified atom stereocenters. The molecule has 0 aliphatic heterocycles. The first-order valence-corrected chi connectivity index (χ1v) is 8.15. The quantitative estimate of drug-likeness (QED) is 0.447. The predicted molar refractivity (Wildman–Crippen MR) is 96.7 cm³/mol. The maximum atomic E-state index is 5.99. The Hall–Kier alpha value is -2.20. The zero-order valence-corrected chi connectivity index (χ0v) is 14.1. The molecule has 0 aliphatic carbocycles. The Labute approximate surface area is 142 Å². The molecule has 0 radical (unpaired) electrons. The maximum Gasteiger partial charge on any atom is 0.122 e. The van der Waals surface area contributed by atoms with Gasteiger partial charge in [-0.05, 0) is 62.4 Å². The van der Waals surface area contributed by atoms with Crippen molar-refractivity contribution in [3.8, 4) is 11.5 Å². The van der Waals surface area contributed by atoms with Crippen molar-refractivity contribution >= 4 is 28.8 Å². The summed E-state index contributed by atoms with van der Waals surface area (Å²) in [5.41, 5.74) is 1.74. The lowest BCUT2D eigenvalue weighted by Gasteiger charge is -2.09. The van der Waals surface area contributed by atoms with E-state index in [1.54, 1.807) is 0 Å². The summed E-state index contributed by atoms with van der Waals surface area (Å²) in [5.74, 6) is 2.65. The fourth-order valence-electron chi connectivity index (χ4n) is 2.00. The van der Waals surface area contributed by atoms with Crippen molar-refractivity contribution in [2.24, 2.45) is 4.99 Å². The monoisotopic (exact) mass is 332 g/mol. The Bertz CT molecular complexity index is 624. The number of anilines is 1. The summed E-state index contributed by atoms with van der Waals surface area (Å²) in [6, 6.07) is 15.3. The fraction of sp³-hybridized carbons (Fsp3) is 0.278. The average molecular weight is 333 g/mol. The highest BCUT2D eigenvalue weighted by molar-refractivity contribution is 6.30. The van der Waals surface area contributed by atoms with Gasteiger partial charge in [0.2, 0.25) is 0 Å². The summed E-state index contributed by atoms with van der Waals surface area (Å²) in [6.07, 6.45) is 0. The first-order valence-electron chi connectivity index (χ1n) is 7.61. The lowest BCUT2D eigenvalue weighted by molar-refractivity contribution is 0.340. The lowest BCUT2D eigenvalue weighted by atomic mass is 10.3. The molecule has 0 saturated carbocycles. The van der Waals surface area contributed by atoms with E-state index in [4.69, 9.17) is 21.1 Å². The predicted octanol–water partition coefficient (Wildman–Crippen LogP) is 4.86. The number of halogens is 1. The average Bonchev–Trinajstić information content (AvgIpc) is 2.58. The number of hydrogen-bond donors (Lipinski definition) is 1. The molecule has 23 heavy (non-hydrogen) atoms. The fourth-order valence-corrected chi connectivity index (χ4v) is 2.12. The summed E-state index contributed by atoms with van der Waals surface area (Å²) in [7, 11) is 0. The van der Waals surface area contributed by atoms with Crippen LogP contribution in [-0.4, -0.2) is 24.9 Å². The molecule has 1 N–H and O–H groups in total. The molecule has 0 fully saturated rings. The Morgan fingerprint density at radius 2 is 1.43 bits per heavy atom. The Kier molecular flexibility index (Phi) is 6.76. The molecule has 122 valence electrons. The van der Waals surface area contributed by atoms with Crippen molar-refractivity contribution in [2.75, 3.05) is 24.4 Å². The molecule has 0 spiro atoms. The van der Waals surface area contributed by atoms with Gasteiger partial charge in [0.05, 0.1) is 24.8 Å². The molecule has 2 rings (SSSR count). The van der Waals surface area contributed by atoms with E-state index in [1.807, 2.05) is 62.4 Å². The molecule has 0 atom stereocenters. The zero-order chi connectivity index (χ0) is 16.5. The van der Waals surface area contributed by atoms with Crippen molar-refractivity contribution in [3.63, 3.8) is 0 Å². The first kappa shape index (κ1) is 17.2. The molecule has 0 amide bonds. The molecule has 0 bridgehead atoms. The van der Waals surface area contributed by atoms with E-state index in [1.165, 1.54) is 0 Å². The summed E-state index contributed by atoms with van der Waals surface area (Å²) in [5, 5.41) is 3.22. The van der Waals surface area contributed by atoms with E-state index in [0.717, 1.165) is 22.9 Å². The van der Waals surface area contributed by atoms with Crippen LogP contribution in [0.5, 0.6) is 11.5 Å². The van der Waals surface area contributed by atoms with Crippen LogP contribution in [0.25, 0.3) is 0 Å². The number of nitrogens with one attached hydrogen (secondary N) is 1. The smallest absolute Gasteiger partial charge is 0.122 e. The number of amidine groups is 1. The molecular formula is C18H21ClN2O2. The van der Waals surface area contributed by atoms with Crippen molar-refractivity contribution in [3.05, 3.63) is 48.5 Å². The molecule has 2 aromatic rings.